The maximum Gasteiger partial charge on any atom is 0.303 e. The lowest BCUT2D eigenvalue weighted by Gasteiger charge is -2.09. The summed E-state index contributed by atoms with van der Waals surface area (Å²) in [6.07, 6.45) is 2.91. The molecule has 0 saturated heterocycles. The van der Waals surface area contributed by atoms with Gasteiger partial charge in [-0.1, -0.05) is 6.92 Å². The van der Waals surface area contributed by atoms with Gasteiger partial charge in [-0.25, -0.2) is 0 Å². The second-order valence-corrected chi connectivity index (χ2v) is 3.19. The van der Waals surface area contributed by atoms with Crippen molar-refractivity contribution in [1.82, 2.24) is 0 Å². The van der Waals surface area contributed by atoms with Crippen LogP contribution in [0.15, 0.2) is 16.7 Å². The molecular formula is C10H15NO3. The lowest BCUT2D eigenvalue weighted by atomic mass is 10.0. The third-order valence-corrected chi connectivity index (χ3v) is 2.17. The van der Waals surface area contributed by atoms with Gasteiger partial charge in [-0.2, -0.15) is 0 Å². The Balaban J connectivity index is 2.59. The van der Waals surface area contributed by atoms with Crippen LogP contribution in [0.3, 0.4) is 0 Å². The molecule has 0 aliphatic heterocycles. The molecule has 0 bridgehead atoms. The van der Waals surface area contributed by atoms with Gasteiger partial charge in [-0.3, -0.25) is 4.79 Å². The molecule has 0 fully saturated rings. The lowest BCUT2D eigenvalue weighted by Crippen LogP contribution is -2.12. The van der Waals surface area contributed by atoms with Crippen LogP contribution in [0.2, 0.25) is 0 Å². The number of hydrogen-bond acceptors (Lipinski definition) is 3. The first-order valence-corrected chi connectivity index (χ1v) is 4.68. The van der Waals surface area contributed by atoms with Crippen LogP contribution in [0.25, 0.3) is 0 Å². The number of furan rings is 1. The fraction of sp³-hybridized carbons (Fsp3) is 0.500. The van der Waals surface area contributed by atoms with E-state index in [-0.39, 0.29) is 12.5 Å². The highest BCUT2D eigenvalue weighted by molar-refractivity contribution is 5.66. The SMILES string of the molecule is CCc1occc1C(N)CCC(=O)O. The van der Waals surface area contributed by atoms with E-state index in [0.29, 0.717) is 6.42 Å². The minimum absolute atomic E-state index is 0.0928. The normalized spacial score (nSPS) is 12.7. The maximum atomic E-state index is 10.3. The quantitative estimate of drug-likeness (QED) is 0.753. The molecule has 1 rings (SSSR count). The smallest absolute Gasteiger partial charge is 0.303 e. The van der Waals surface area contributed by atoms with Crippen LogP contribution in [0.1, 0.15) is 37.1 Å². The first-order valence-electron chi connectivity index (χ1n) is 4.68. The average Bonchev–Trinajstić information content (AvgIpc) is 2.61. The fourth-order valence-electron chi connectivity index (χ4n) is 1.40. The number of aryl methyl sites for hydroxylation is 1. The molecule has 1 atom stereocenters. The molecule has 0 amide bonds. The van der Waals surface area contributed by atoms with Crippen molar-refractivity contribution in [2.45, 2.75) is 32.2 Å². The van der Waals surface area contributed by atoms with Crippen LogP contribution < -0.4 is 5.73 Å². The molecule has 1 heterocycles. The predicted molar refractivity (Wildman–Crippen MR) is 51.9 cm³/mol. The van der Waals surface area contributed by atoms with E-state index in [1.807, 2.05) is 13.0 Å². The highest BCUT2D eigenvalue weighted by Crippen LogP contribution is 2.21. The van der Waals surface area contributed by atoms with E-state index in [0.717, 1.165) is 17.7 Å². The van der Waals surface area contributed by atoms with E-state index in [9.17, 15) is 4.79 Å². The van der Waals surface area contributed by atoms with Gasteiger partial charge in [0, 0.05) is 24.4 Å². The Bertz CT molecular complexity index is 306. The van der Waals surface area contributed by atoms with Gasteiger partial charge in [0.2, 0.25) is 0 Å². The molecule has 0 spiro atoms. The Kier molecular flexibility index (Phi) is 3.71. The van der Waals surface area contributed by atoms with Crippen molar-refractivity contribution in [3.63, 3.8) is 0 Å². The van der Waals surface area contributed by atoms with Crippen molar-refractivity contribution in [2.24, 2.45) is 5.73 Å². The molecule has 4 nitrogen and oxygen atoms in total. The number of carboxylic acid groups (broad SMARTS) is 1. The number of carboxylic acids is 1. The van der Waals surface area contributed by atoms with Crippen molar-refractivity contribution in [2.75, 3.05) is 0 Å². The molecule has 1 aromatic rings. The van der Waals surface area contributed by atoms with E-state index < -0.39 is 5.97 Å². The Morgan fingerprint density at radius 2 is 2.43 bits per heavy atom. The molecule has 0 saturated carbocycles. The Labute approximate surface area is 82.7 Å². The summed E-state index contributed by atoms with van der Waals surface area (Å²) in [6.45, 7) is 1.98. The number of nitrogens with two attached hydrogens (primary N) is 1. The summed E-state index contributed by atoms with van der Waals surface area (Å²) in [5.41, 5.74) is 6.77. The zero-order chi connectivity index (χ0) is 10.6. The van der Waals surface area contributed by atoms with E-state index in [1.54, 1.807) is 6.26 Å². The van der Waals surface area contributed by atoms with Crippen molar-refractivity contribution >= 4 is 5.97 Å². The second kappa shape index (κ2) is 4.81. The molecule has 0 aromatic carbocycles. The number of carbonyl (C=O) groups is 1. The molecule has 4 heteroatoms. The van der Waals surface area contributed by atoms with Gasteiger partial charge in [0.05, 0.1) is 6.26 Å². The van der Waals surface area contributed by atoms with E-state index in [4.69, 9.17) is 15.3 Å². The van der Waals surface area contributed by atoms with Gasteiger partial charge >= 0.3 is 5.97 Å². The van der Waals surface area contributed by atoms with Gasteiger partial charge < -0.3 is 15.3 Å². The molecule has 3 N–H and O–H groups in total. The van der Waals surface area contributed by atoms with Crippen LogP contribution in [-0.2, 0) is 11.2 Å². The molecule has 0 aliphatic rings. The van der Waals surface area contributed by atoms with Gasteiger partial charge in [0.15, 0.2) is 0 Å². The zero-order valence-electron chi connectivity index (χ0n) is 8.19. The van der Waals surface area contributed by atoms with E-state index in [1.165, 1.54) is 0 Å². The van der Waals surface area contributed by atoms with Gasteiger partial charge in [-0.15, -0.1) is 0 Å². The molecule has 0 radical (unpaired) electrons. The highest BCUT2D eigenvalue weighted by Gasteiger charge is 2.13. The van der Waals surface area contributed by atoms with E-state index >= 15 is 0 Å². The van der Waals surface area contributed by atoms with Crippen molar-refractivity contribution in [1.29, 1.82) is 0 Å². The van der Waals surface area contributed by atoms with Crippen LogP contribution >= 0.6 is 0 Å². The lowest BCUT2D eigenvalue weighted by molar-refractivity contribution is -0.137. The molecule has 78 valence electrons. The molecule has 1 unspecified atom stereocenters. The van der Waals surface area contributed by atoms with E-state index in [2.05, 4.69) is 0 Å². The Hall–Kier alpha value is -1.29. The maximum absolute atomic E-state index is 10.3. The third-order valence-electron chi connectivity index (χ3n) is 2.17. The van der Waals surface area contributed by atoms with Crippen LogP contribution in [0, 0.1) is 0 Å². The molecule has 0 aliphatic carbocycles. The topological polar surface area (TPSA) is 76.5 Å². The van der Waals surface area contributed by atoms with Crippen LogP contribution in [-0.4, -0.2) is 11.1 Å². The average molecular weight is 197 g/mol. The molecule has 1 aromatic heterocycles. The van der Waals surface area contributed by atoms with Crippen molar-refractivity contribution in [3.05, 3.63) is 23.7 Å². The minimum Gasteiger partial charge on any atom is -0.481 e. The summed E-state index contributed by atoms with van der Waals surface area (Å²) in [5.74, 6) is 0.0323. The summed E-state index contributed by atoms with van der Waals surface area (Å²) in [4.78, 5) is 10.3. The second-order valence-electron chi connectivity index (χ2n) is 3.19. The third kappa shape index (κ3) is 2.60. The summed E-state index contributed by atoms with van der Waals surface area (Å²) < 4.78 is 5.21. The Morgan fingerprint density at radius 1 is 1.71 bits per heavy atom. The number of hydrogen-bond donors (Lipinski definition) is 2. The minimum atomic E-state index is -0.818. The predicted octanol–water partition coefficient (Wildman–Crippen LogP) is 1.71. The largest absolute Gasteiger partial charge is 0.481 e. The van der Waals surface area contributed by atoms with Crippen molar-refractivity contribution < 1.29 is 14.3 Å². The summed E-state index contributed by atoms with van der Waals surface area (Å²) >= 11 is 0. The summed E-state index contributed by atoms with van der Waals surface area (Å²) in [6, 6.07) is 1.57. The Morgan fingerprint density at radius 3 is 3.00 bits per heavy atom. The van der Waals surface area contributed by atoms with Gasteiger partial charge in [-0.05, 0) is 12.5 Å². The van der Waals surface area contributed by atoms with Gasteiger partial charge in [0.1, 0.15) is 5.76 Å². The highest BCUT2D eigenvalue weighted by atomic mass is 16.4. The summed E-state index contributed by atoms with van der Waals surface area (Å²) in [7, 11) is 0. The monoisotopic (exact) mass is 197 g/mol. The first kappa shape index (κ1) is 10.8. The summed E-state index contributed by atoms with van der Waals surface area (Å²) in [5, 5.41) is 8.51. The van der Waals surface area contributed by atoms with Crippen molar-refractivity contribution in [3.8, 4) is 0 Å². The molecular weight excluding hydrogens is 182 g/mol. The fourth-order valence-corrected chi connectivity index (χ4v) is 1.40. The zero-order valence-corrected chi connectivity index (χ0v) is 8.19. The molecule has 14 heavy (non-hydrogen) atoms. The first-order chi connectivity index (χ1) is 6.65. The van der Waals surface area contributed by atoms with Gasteiger partial charge in [0.25, 0.3) is 0 Å². The number of rotatable bonds is 5. The number of aliphatic carboxylic acids is 1. The standard InChI is InChI=1S/C10H15NO3/c1-2-9-7(5-6-14-9)8(11)3-4-10(12)13/h5-6,8H,2-4,11H2,1H3,(H,12,13). The van der Waals surface area contributed by atoms with Crippen LogP contribution in [0.5, 0.6) is 0 Å². The van der Waals surface area contributed by atoms with Crippen LogP contribution in [0.4, 0.5) is 0 Å².